The number of hydrogen-bond acceptors (Lipinski definition) is 5. The van der Waals surface area contributed by atoms with Crippen LogP contribution in [0, 0.1) is 0 Å². The molecule has 148 valence electrons. The van der Waals surface area contributed by atoms with Crippen molar-refractivity contribution in [3.63, 3.8) is 0 Å². The Morgan fingerprint density at radius 2 is 1.68 bits per heavy atom. The molecular weight excluding hydrogens is 345 g/mol. The predicted molar refractivity (Wildman–Crippen MR) is 95.7 cm³/mol. The fourth-order valence-corrected chi connectivity index (χ4v) is 3.69. The number of esters is 1. The maximum absolute atomic E-state index is 11.6. The predicted octanol–water partition coefficient (Wildman–Crippen LogP) is 2.39. The minimum atomic E-state index is -4.79. The Labute approximate surface area is 151 Å². The molecule has 7 nitrogen and oxygen atoms in total. The summed E-state index contributed by atoms with van der Waals surface area (Å²) in [5, 5.41) is 0. The normalized spacial score (nSPS) is 15.4. The number of carbonyl (C=O) groups is 1. The molecule has 0 saturated heterocycles. The van der Waals surface area contributed by atoms with Crippen molar-refractivity contribution in [1.29, 1.82) is 0 Å². The molecule has 0 radical (unpaired) electrons. The van der Waals surface area contributed by atoms with Gasteiger partial charge in [-0.3, -0.25) is 4.57 Å². The Hall–Kier alpha value is -0.720. The Kier molecular flexibility index (Phi) is 11.5. The molecule has 0 saturated carbocycles. The molecule has 0 bridgehead atoms. The molecule has 0 heterocycles. The molecular formula is C17H34NO6P. The molecule has 0 fully saturated rings. The first kappa shape index (κ1) is 24.3. The van der Waals surface area contributed by atoms with Gasteiger partial charge in [-0.1, -0.05) is 27.4 Å². The third kappa shape index (κ3) is 9.52. The van der Waals surface area contributed by atoms with E-state index in [-0.39, 0.29) is 19.3 Å². The molecule has 2 atom stereocenters. The SMILES string of the molecule is C=C(C)C(=O)OCCC(COP(=O)([O-])O)[N+](CCC)(CCC)CCC. The number of phosphoric acid groups is 1. The van der Waals surface area contributed by atoms with Crippen molar-refractivity contribution in [3.05, 3.63) is 12.2 Å². The van der Waals surface area contributed by atoms with Gasteiger partial charge in [0.15, 0.2) is 0 Å². The van der Waals surface area contributed by atoms with E-state index in [4.69, 9.17) is 14.2 Å². The number of ether oxygens (including phenoxy) is 1. The Balaban J connectivity index is 5.28. The van der Waals surface area contributed by atoms with Crippen LogP contribution in [0.3, 0.4) is 0 Å². The highest BCUT2D eigenvalue weighted by Crippen LogP contribution is 2.32. The number of quaternary nitrogens is 1. The van der Waals surface area contributed by atoms with Crippen LogP contribution in [0.15, 0.2) is 12.2 Å². The van der Waals surface area contributed by atoms with Crippen LogP contribution < -0.4 is 4.89 Å². The molecule has 0 amide bonds. The summed E-state index contributed by atoms with van der Waals surface area (Å²) < 4.78 is 21.7. The average Bonchev–Trinajstić information content (AvgIpc) is 2.49. The Morgan fingerprint density at radius 1 is 1.20 bits per heavy atom. The molecule has 0 rings (SSSR count). The molecule has 1 N–H and O–H groups in total. The Bertz CT molecular complexity index is 445. The van der Waals surface area contributed by atoms with Gasteiger partial charge in [0, 0.05) is 12.0 Å². The molecule has 0 aliphatic carbocycles. The second-order valence-electron chi connectivity index (χ2n) is 6.51. The van der Waals surface area contributed by atoms with E-state index in [1.807, 2.05) is 0 Å². The lowest BCUT2D eigenvalue weighted by atomic mass is 10.1. The second-order valence-corrected chi connectivity index (χ2v) is 7.71. The fraction of sp³-hybridized carbons (Fsp3) is 0.824. The van der Waals surface area contributed by atoms with Crippen molar-refractivity contribution >= 4 is 13.8 Å². The van der Waals surface area contributed by atoms with Crippen molar-refractivity contribution in [1.82, 2.24) is 0 Å². The van der Waals surface area contributed by atoms with Crippen molar-refractivity contribution in [3.8, 4) is 0 Å². The summed E-state index contributed by atoms with van der Waals surface area (Å²) in [6, 6.07) is -0.188. The lowest BCUT2D eigenvalue weighted by molar-refractivity contribution is -0.952. The van der Waals surface area contributed by atoms with Crippen LogP contribution in [0.1, 0.15) is 53.4 Å². The van der Waals surface area contributed by atoms with E-state index in [1.165, 1.54) is 0 Å². The van der Waals surface area contributed by atoms with Crippen molar-refractivity contribution < 1.29 is 32.9 Å². The monoisotopic (exact) mass is 379 g/mol. The molecule has 0 aromatic carbocycles. The van der Waals surface area contributed by atoms with Crippen LogP contribution in [0.5, 0.6) is 0 Å². The lowest BCUT2D eigenvalue weighted by Crippen LogP contribution is -2.58. The first-order chi connectivity index (χ1) is 11.6. The maximum atomic E-state index is 11.6. The highest BCUT2D eigenvalue weighted by Gasteiger charge is 2.35. The highest BCUT2D eigenvalue weighted by atomic mass is 31.2. The summed E-state index contributed by atoms with van der Waals surface area (Å²) in [7, 11) is -4.79. The van der Waals surface area contributed by atoms with E-state index in [9.17, 15) is 14.3 Å². The van der Waals surface area contributed by atoms with E-state index in [1.54, 1.807) is 6.92 Å². The van der Waals surface area contributed by atoms with Crippen LogP contribution in [0.2, 0.25) is 0 Å². The van der Waals surface area contributed by atoms with Gasteiger partial charge in [-0.25, -0.2) is 4.79 Å². The minimum absolute atomic E-state index is 0.123. The summed E-state index contributed by atoms with van der Waals surface area (Å²) >= 11 is 0. The highest BCUT2D eigenvalue weighted by molar-refractivity contribution is 7.44. The molecule has 2 unspecified atom stereocenters. The molecule has 25 heavy (non-hydrogen) atoms. The average molecular weight is 379 g/mol. The van der Waals surface area contributed by atoms with Crippen LogP contribution in [0.25, 0.3) is 0 Å². The third-order valence-electron chi connectivity index (χ3n) is 4.24. The first-order valence-corrected chi connectivity index (χ1v) is 10.5. The standard InChI is InChI=1S/C17H34NO6P/c1-6-10-18(11-7-2,12-8-3)16(14-24-25(20,21)22)9-13-23-17(19)15(4)5/h16H,4,6-14H2,1-3,5H3,(H-,20,21,22). The van der Waals surface area contributed by atoms with Gasteiger partial charge < -0.3 is 23.5 Å². The van der Waals surface area contributed by atoms with E-state index in [0.717, 1.165) is 38.9 Å². The zero-order valence-electron chi connectivity index (χ0n) is 16.0. The number of rotatable bonds is 14. The van der Waals surface area contributed by atoms with E-state index < -0.39 is 13.8 Å². The second kappa shape index (κ2) is 11.8. The number of nitrogens with zero attached hydrogens (tertiary/aromatic N) is 1. The Morgan fingerprint density at radius 3 is 2.04 bits per heavy atom. The van der Waals surface area contributed by atoms with E-state index in [2.05, 4.69) is 27.4 Å². The van der Waals surface area contributed by atoms with Gasteiger partial charge in [0.05, 0.1) is 26.2 Å². The quantitative estimate of drug-likeness (QED) is 0.215. The van der Waals surface area contributed by atoms with Crippen molar-refractivity contribution in [2.75, 3.05) is 32.8 Å². The summed E-state index contributed by atoms with van der Waals surface area (Å²) in [6.45, 7) is 14.0. The van der Waals surface area contributed by atoms with Crippen molar-refractivity contribution in [2.24, 2.45) is 0 Å². The van der Waals surface area contributed by atoms with Gasteiger partial charge in [-0.2, -0.15) is 0 Å². The maximum Gasteiger partial charge on any atom is 0.333 e. The van der Waals surface area contributed by atoms with Crippen LogP contribution in [-0.4, -0.2) is 54.2 Å². The number of hydrogen-bond donors (Lipinski definition) is 1. The smallest absolute Gasteiger partial charge is 0.333 e. The zero-order chi connectivity index (χ0) is 19.5. The lowest BCUT2D eigenvalue weighted by Gasteiger charge is -2.45. The van der Waals surface area contributed by atoms with E-state index in [0.29, 0.717) is 16.5 Å². The van der Waals surface area contributed by atoms with Gasteiger partial charge in [-0.15, -0.1) is 0 Å². The van der Waals surface area contributed by atoms with Crippen molar-refractivity contribution in [2.45, 2.75) is 59.4 Å². The molecule has 0 aromatic heterocycles. The zero-order valence-corrected chi connectivity index (χ0v) is 16.9. The molecule has 0 spiro atoms. The summed E-state index contributed by atoms with van der Waals surface area (Å²) in [6.07, 6.45) is 3.28. The van der Waals surface area contributed by atoms with Gasteiger partial charge in [0.2, 0.25) is 0 Å². The van der Waals surface area contributed by atoms with Gasteiger partial charge in [-0.05, 0) is 26.2 Å². The number of carbonyl (C=O) groups excluding carboxylic acids is 1. The number of phosphoric ester groups is 1. The summed E-state index contributed by atoms with van der Waals surface area (Å²) in [5.74, 6) is -0.462. The largest absolute Gasteiger partial charge is 0.756 e. The van der Waals surface area contributed by atoms with Gasteiger partial charge in [0.25, 0.3) is 7.82 Å². The summed E-state index contributed by atoms with van der Waals surface area (Å²) in [5.41, 5.74) is 0.323. The molecule has 8 heteroatoms. The minimum Gasteiger partial charge on any atom is -0.756 e. The molecule has 0 aromatic rings. The van der Waals surface area contributed by atoms with Crippen LogP contribution >= 0.6 is 7.82 Å². The van der Waals surface area contributed by atoms with Crippen LogP contribution in [0.4, 0.5) is 0 Å². The van der Waals surface area contributed by atoms with E-state index >= 15 is 0 Å². The van der Waals surface area contributed by atoms with Crippen LogP contribution in [-0.2, 0) is 18.6 Å². The molecule has 0 aliphatic rings. The molecule has 0 aliphatic heterocycles. The topological polar surface area (TPSA) is 95.9 Å². The van der Waals surface area contributed by atoms with Gasteiger partial charge in [0.1, 0.15) is 12.6 Å². The third-order valence-corrected chi connectivity index (χ3v) is 4.72. The first-order valence-electron chi connectivity index (χ1n) is 8.98. The summed E-state index contributed by atoms with van der Waals surface area (Å²) in [4.78, 5) is 31.6. The van der Waals surface area contributed by atoms with Gasteiger partial charge >= 0.3 is 5.97 Å². The fourth-order valence-electron chi connectivity index (χ4n) is 3.33.